The summed E-state index contributed by atoms with van der Waals surface area (Å²) in [6.07, 6.45) is 0.970. The molecule has 0 aliphatic carbocycles. The standard InChI is InChI=1S/C22H28N4O2/c1-17-5-2-3-6-20(17)16-25-11-4-12-26(14-13-25)21(27)19-9-7-18(8-10-19)15-24-22(23)28/h2-3,5-10H,4,11-16H2,1H3,(H3,23,24,28). The minimum absolute atomic E-state index is 0.0622. The molecule has 1 aliphatic rings. The minimum atomic E-state index is -0.556. The first-order valence-corrected chi connectivity index (χ1v) is 9.71. The molecule has 3 rings (SSSR count). The number of nitrogens with one attached hydrogen (secondary N) is 1. The average molecular weight is 380 g/mol. The van der Waals surface area contributed by atoms with Crippen LogP contribution in [0.4, 0.5) is 4.79 Å². The molecule has 0 atom stereocenters. The number of urea groups is 1. The Morgan fingerprint density at radius 3 is 2.46 bits per heavy atom. The summed E-state index contributed by atoms with van der Waals surface area (Å²) in [7, 11) is 0. The number of nitrogens with two attached hydrogens (primary N) is 1. The van der Waals surface area contributed by atoms with Gasteiger partial charge in [-0.2, -0.15) is 0 Å². The molecule has 6 heteroatoms. The summed E-state index contributed by atoms with van der Waals surface area (Å²) in [6, 6.07) is 15.3. The number of primary amides is 1. The minimum Gasteiger partial charge on any atom is -0.352 e. The fraction of sp³-hybridized carbons (Fsp3) is 0.364. The largest absolute Gasteiger partial charge is 0.352 e. The number of aryl methyl sites for hydroxylation is 1. The zero-order chi connectivity index (χ0) is 19.9. The van der Waals surface area contributed by atoms with E-state index in [1.54, 1.807) is 0 Å². The molecule has 0 saturated carbocycles. The Kier molecular flexibility index (Phi) is 6.66. The van der Waals surface area contributed by atoms with Crippen molar-refractivity contribution in [3.63, 3.8) is 0 Å². The molecule has 1 heterocycles. The lowest BCUT2D eigenvalue weighted by Crippen LogP contribution is -2.35. The number of hydrogen-bond donors (Lipinski definition) is 2. The predicted molar refractivity (Wildman–Crippen MR) is 110 cm³/mol. The Hall–Kier alpha value is -2.86. The number of carbonyl (C=O) groups excluding carboxylic acids is 2. The van der Waals surface area contributed by atoms with E-state index in [9.17, 15) is 9.59 Å². The molecular formula is C22H28N4O2. The molecule has 0 radical (unpaired) electrons. The van der Waals surface area contributed by atoms with Gasteiger partial charge in [0.2, 0.25) is 0 Å². The van der Waals surface area contributed by atoms with E-state index in [0.29, 0.717) is 12.1 Å². The lowest BCUT2D eigenvalue weighted by atomic mass is 10.1. The second-order valence-electron chi connectivity index (χ2n) is 7.26. The first-order valence-electron chi connectivity index (χ1n) is 9.71. The Labute approximate surface area is 166 Å². The first-order chi connectivity index (χ1) is 13.5. The van der Waals surface area contributed by atoms with Crippen molar-refractivity contribution in [2.45, 2.75) is 26.4 Å². The third kappa shape index (κ3) is 5.33. The lowest BCUT2D eigenvalue weighted by molar-refractivity contribution is 0.0761. The highest BCUT2D eigenvalue weighted by molar-refractivity contribution is 5.94. The van der Waals surface area contributed by atoms with E-state index in [1.165, 1.54) is 11.1 Å². The molecule has 28 heavy (non-hydrogen) atoms. The van der Waals surface area contributed by atoms with Crippen LogP contribution in [0.3, 0.4) is 0 Å². The predicted octanol–water partition coefficient (Wildman–Crippen LogP) is 2.51. The maximum absolute atomic E-state index is 12.9. The third-order valence-corrected chi connectivity index (χ3v) is 5.20. The van der Waals surface area contributed by atoms with Gasteiger partial charge in [0.1, 0.15) is 0 Å². The lowest BCUT2D eigenvalue weighted by Gasteiger charge is -2.22. The number of carbonyl (C=O) groups is 2. The molecular weight excluding hydrogens is 352 g/mol. The molecule has 0 spiro atoms. The van der Waals surface area contributed by atoms with Gasteiger partial charge in [0.25, 0.3) is 5.91 Å². The van der Waals surface area contributed by atoms with Crippen molar-refractivity contribution < 1.29 is 9.59 Å². The van der Waals surface area contributed by atoms with Crippen LogP contribution in [0, 0.1) is 6.92 Å². The summed E-state index contributed by atoms with van der Waals surface area (Å²) in [5.74, 6) is 0.0622. The summed E-state index contributed by atoms with van der Waals surface area (Å²) in [6.45, 7) is 6.81. The molecule has 3 amide bonds. The Morgan fingerprint density at radius 2 is 1.75 bits per heavy atom. The number of amides is 3. The van der Waals surface area contributed by atoms with Crippen LogP contribution in [-0.2, 0) is 13.1 Å². The highest BCUT2D eigenvalue weighted by Gasteiger charge is 2.20. The van der Waals surface area contributed by atoms with Gasteiger partial charge < -0.3 is 16.0 Å². The van der Waals surface area contributed by atoms with E-state index in [1.807, 2.05) is 29.2 Å². The van der Waals surface area contributed by atoms with Crippen LogP contribution < -0.4 is 11.1 Å². The molecule has 1 fully saturated rings. The smallest absolute Gasteiger partial charge is 0.312 e. The van der Waals surface area contributed by atoms with Crippen molar-refractivity contribution in [3.05, 3.63) is 70.8 Å². The molecule has 148 valence electrons. The van der Waals surface area contributed by atoms with E-state index in [-0.39, 0.29) is 5.91 Å². The normalized spacial score (nSPS) is 15.1. The summed E-state index contributed by atoms with van der Waals surface area (Å²) in [4.78, 5) is 28.0. The van der Waals surface area contributed by atoms with Crippen LogP contribution in [0.5, 0.6) is 0 Å². The topological polar surface area (TPSA) is 78.7 Å². The van der Waals surface area contributed by atoms with Crippen LogP contribution in [0.1, 0.15) is 33.5 Å². The highest BCUT2D eigenvalue weighted by Crippen LogP contribution is 2.15. The number of rotatable bonds is 5. The van der Waals surface area contributed by atoms with E-state index < -0.39 is 6.03 Å². The number of hydrogen-bond acceptors (Lipinski definition) is 3. The fourth-order valence-corrected chi connectivity index (χ4v) is 3.50. The van der Waals surface area contributed by atoms with Crippen LogP contribution in [-0.4, -0.2) is 47.9 Å². The van der Waals surface area contributed by atoms with Crippen LogP contribution in [0.15, 0.2) is 48.5 Å². The molecule has 2 aromatic carbocycles. The zero-order valence-electron chi connectivity index (χ0n) is 16.4. The van der Waals surface area contributed by atoms with Gasteiger partial charge in [-0.25, -0.2) is 4.79 Å². The maximum Gasteiger partial charge on any atom is 0.312 e. The molecule has 2 aromatic rings. The number of nitrogens with zero attached hydrogens (tertiary/aromatic N) is 2. The van der Waals surface area contributed by atoms with Crippen molar-refractivity contribution in [1.82, 2.24) is 15.1 Å². The quantitative estimate of drug-likeness (QED) is 0.837. The van der Waals surface area contributed by atoms with Gasteiger partial charge in [-0.3, -0.25) is 9.69 Å². The molecule has 1 aliphatic heterocycles. The van der Waals surface area contributed by atoms with Crippen LogP contribution >= 0.6 is 0 Å². The van der Waals surface area contributed by atoms with Gasteiger partial charge in [-0.1, -0.05) is 36.4 Å². The van der Waals surface area contributed by atoms with E-state index >= 15 is 0 Å². The van der Waals surface area contributed by atoms with Gasteiger partial charge in [-0.05, 0) is 42.2 Å². The Morgan fingerprint density at radius 1 is 1.00 bits per heavy atom. The van der Waals surface area contributed by atoms with Crippen molar-refractivity contribution >= 4 is 11.9 Å². The maximum atomic E-state index is 12.9. The zero-order valence-corrected chi connectivity index (χ0v) is 16.4. The second-order valence-corrected chi connectivity index (χ2v) is 7.26. The van der Waals surface area contributed by atoms with E-state index in [0.717, 1.165) is 44.7 Å². The SMILES string of the molecule is Cc1ccccc1CN1CCCN(C(=O)c2ccc(CNC(N)=O)cc2)CC1. The second kappa shape index (κ2) is 9.37. The summed E-state index contributed by atoms with van der Waals surface area (Å²) >= 11 is 0. The van der Waals surface area contributed by atoms with Crippen LogP contribution in [0.25, 0.3) is 0 Å². The molecule has 0 unspecified atom stereocenters. The molecule has 3 N–H and O–H groups in total. The van der Waals surface area contributed by atoms with Crippen molar-refractivity contribution in [2.24, 2.45) is 5.73 Å². The molecule has 0 aromatic heterocycles. The monoisotopic (exact) mass is 380 g/mol. The molecule has 6 nitrogen and oxygen atoms in total. The Bertz CT molecular complexity index is 820. The fourth-order valence-electron chi connectivity index (χ4n) is 3.50. The van der Waals surface area contributed by atoms with E-state index in [2.05, 4.69) is 41.4 Å². The van der Waals surface area contributed by atoms with Crippen molar-refractivity contribution in [2.75, 3.05) is 26.2 Å². The average Bonchev–Trinajstić information content (AvgIpc) is 2.93. The number of benzene rings is 2. The Balaban J connectivity index is 1.56. The van der Waals surface area contributed by atoms with Gasteiger partial charge in [0.05, 0.1) is 0 Å². The van der Waals surface area contributed by atoms with E-state index in [4.69, 9.17) is 5.73 Å². The first kappa shape index (κ1) is 19.9. The molecule has 1 saturated heterocycles. The van der Waals surface area contributed by atoms with Crippen molar-refractivity contribution in [3.8, 4) is 0 Å². The van der Waals surface area contributed by atoms with Gasteiger partial charge in [0.15, 0.2) is 0 Å². The van der Waals surface area contributed by atoms with Gasteiger partial charge in [-0.15, -0.1) is 0 Å². The van der Waals surface area contributed by atoms with Crippen LogP contribution in [0.2, 0.25) is 0 Å². The molecule has 0 bridgehead atoms. The summed E-state index contributed by atoms with van der Waals surface area (Å²) in [5, 5.41) is 2.55. The summed E-state index contributed by atoms with van der Waals surface area (Å²) < 4.78 is 0. The van der Waals surface area contributed by atoms with Crippen molar-refractivity contribution in [1.29, 1.82) is 0 Å². The third-order valence-electron chi connectivity index (χ3n) is 5.20. The highest BCUT2D eigenvalue weighted by atomic mass is 16.2. The summed E-state index contributed by atoms with van der Waals surface area (Å²) in [5.41, 5.74) is 9.33. The van der Waals surface area contributed by atoms with Gasteiger partial charge in [0, 0.05) is 44.8 Å². The van der Waals surface area contributed by atoms with Gasteiger partial charge >= 0.3 is 6.03 Å².